The lowest BCUT2D eigenvalue weighted by atomic mass is 10.1. The zero-order valence-electron chi connectivity index (χ0n) is 17.1. The van der Waals surface area contributed by atoms with Gasteiger partial charge in [0.15, 0.2) is 0 Å². The Morgan fingerprint density at radius 2 is 1.68 bits per heavy atom. The third-order valence-electron chi connectivity index (χ3n) is 5.42. The molecule has 0 saturated heterocycles. The van der Waals surface area contributed by atoms with Gasteiger partial charge in [0.2, 0.25) is 15.9 Å². The molecule has 160 valence electrons. The van der Waals surface area contributed by atoms with Crippen LogP contribution in [0.2, 0.25) is 0 Å². The second-order valence-corrected chi connectivity index (χ2v) is 10.5. The molecule has 1 atom stereocenters. The monoisotopic (exact) mass is 498 g/mol. The number of halogens is 1. The number of sulfonamides is 1. The number of benzene rings is 3. The second kappa shape index (κ2) is 8.94. The predicted molar refractivity (Wildman–Crippen MR) is 125 cm³/mol. The van der Waals surface area contributed by atoms with Crippen LogP contribution in [-0.4, -0.2) is 31.2 Å². The van der Waals surface area contributed by atoms with Gasteiger partial charge in [0.05, 0.1) is 11.4 Å². The number of rotatable bonds is 6. The molecule has 31 heavy (non-hydrogen) atoms. The first kappa shape index (κ1) is 21.7. The van der Waals surface area contributed by atoms with E-state index in [4.69, 9.17) is 0 Å². The van der Waals surface area contributed by atoms with Gasteiger partial charge in [-0.1, -0.05) is 64.5 Å². The summed E-state index contributed by atoms with van der Waals surface area (Å²) in [5.74, 6) is -0.232. The molecule has 0 bridgehead atoms. The molecule has 1 aliphatic heterocycles. The summed E-state index contributed by atoms with van der Waals surface area (Å²) in [6, 6.07) is 23.4. The van der Waals surface area contributed by atoms with E-state index in [2.05, 4.69) is 15.9 Å². The van der Waals surface area contributed by atoms with Crippen LogP contribution in [0.1, 0.15) is 18.1 Å². The zero-order chi connectivity index (χ0) is 22.0. The van der Waals surface area contributed by atoms with Gasteiger partial charge in [0.25, 0.3) is 0 Å². The van der Waals surface area contributed by atoms with Gasteiger partial charge in [-0.3, -0.25) is 4.79 Å². The van der Waals surface area contributed by atoms with E-state index < -0.39 is 10.0 Å². The molecule has 0 aromatic heterocycles. The Balaban J connectivity index is 1.66. The number of hydrogen-bond acceptors (Lipinski definition) is 3. The number of hydrogen-bond donors (Lipinski definition) is 0. The largest absolute Gasteiger partial charge is 0.308 e. The van der Waals surface area contributed by atoms with Crippen molar-refractivity contribution in [3.63, 3.8) is 0 Å². The van der Waals surface area contributed by atoms with E-state index in [0.29, 0.717) is 0 Å². The molecule has 3 aromatic carbocycles. The molecule has 1 heterocycles. The van der Waals surface area contributed by atoms with Crippen LogP contribution < -0.4 is 4.90 Å². The van der Waals surface area contributed by atoms with E-state index in [1.807, 2.05) is 55.5 Å². The van der Waals surface area contributed by atoms with Gasteiger partial charge in [-0.05, 0) is 54.8 Å². The van der Waals surface area contributed by atoms with Crippen molar-refractivity contribution < 1.29 is 13.2 Å². The van der Waals surface area contributed by atoms with Crippen molar-refractivity contribution in [2.75, 3.05) is 11.4 Å². The van der Waals surface area contributed by atoms with Crippen LogP contribution in [0.15, 0.2) is 88.2 Å². The minimum Gasteiger partial charge on any atom is -0.308 e. The lowest BCUT2D eigenvalue weighted by molar-refractivity contribution is -0.119. The van der Waals surface area contributed by atoms with Crippen molar-refractivity contribution >= 4 is 37.5 Å². The average molecular weight is 499 g/mol. The van der Waals surface area contributed by atoms with Crippen molar-refractivity contribution in [2.24, 2.45) is 0 Å². The van der Waals surface area contributed by atoms with E-state index in [1.165, 1.54) is 4.31 Å². The van der Waals surface area contributed by atoms with Crippen LogP contribution in [0.5, 0.6) is 0 Å². The molecule has 0 radical (unpaired) electrons. The summed E-state index contributed by atoms with van der Waals surface area (Å²) in [5.41, 5.74) is 2.75. The van der Waals surface area contributed by atoms with Gasteiger partial charge in [-0.15, -0.1) is 0 Å². The third-order valence-corrected chi connectivity index (χ3v) is 7.72. The molecule has 0 aliphatic carbocycles. The van der Waals surface area contributed by atoms with E-state index in [9.17, 15) is 13.2 Å². The molecular weight excluding hydrogens is 476 g/mol. The number of fused-ring (bicyclic) bond motifs is 1. The fourth-order valence-corrected chi connectivity index (χ4v) is 5.77. The Morgan fingerprint density at radius 3 is 2.35 bits per heavy atom. The van der Waals surface area contributed by atoms with Crippen molar-refractivity contribution in [2.45, 2.75) is 30.8 Å². The van der Waals surface area contributed by atoms with Crippen molar-refractivity contribution in [3.05, 3.63) is 94.5 Å². The maximum atomic E-state index is 13.4. The summed E-state index contributed by atoms with van der Waals surface area (Å²) in [6.07, 6.45) is 0.741. The molecule has 5 nitrogen and oxygen atoms in total. The van der Waals surface area contributed by atoms with Gasteiger partial charge >= 0.3 is 0 Å². The van der Waals surface area contributed by atoms with Gasteiger partial charge < -0.3 is 4.90 Å². The Kier molecular flexibility index (Phi) is 6.27. The topological polar surface area (TPSA) is 57.7 Å². The first-order chi connectivity index (χ1) is 14.9. The minimum atomic E-state index is -3.85. The Morgan fingerprint density at radius 1 is 1.03 bits per heavy atom. The fraction of sp³-hybridized carbons (Fsp3) is 0.208. The summed E-state index contributed by atoms with van der Waals surface area (Å²) in [7, 11) is -3.85. The lowest BCUT2D eigenvalue weighted by Crippen LogP contribution is -2.44. The number of amides is 1. The highest BCUT2D eigenvalue weighted by Gasteiger charge is 2.34. The Hall–Kier alpha value is -2.48. The summed E-state index contributed by atoms with van der Waals surface area (Å²) in [4.78, 5) is 15.3. The number of carbonyl (C=O) groups excluding carboxylic acids is 1. The van der Waals surface area contributed by atoms with Gasteiger partial charge in [0.1, 0.15) is 0 Å². The molecule has 1 amide bonds. The summed E-state index contributed by atoms with van der Waals surface area (Å²) < 4.78 is 29.0. The van der Waals surface area contributed by atoms with Crippen molar-refractivity contribution in [3.8, 4) is 0 Å². The van der Waals surface area contributed by atoms with Crippen molar-refractivity contribution in [1.82, 2.24) is 4.31 Å². The molecule has 0 fully saturated rings. The van der Waals surface area contributed by atoms with E-state index in [-0.39, 0.29) is 29.9 Å². The van der Waals surface area contributed by atoms with Crippen LogP contribution >= 0.6 is 15.9 Å². The third kappa shape index (κ3) is 4.59. The molecular formula is C24H23BrN2O3S. The number of carbonyl (C=O) groups is 1. The van der Waals surface area contributed by atoms with Crippen LogP contribution in [0, 0.1) is 0 Å². The molecule has 3 aromatic rings. The molecule has 0 spiro atoms. The molecule has 1 aliphatic rings. The predicted octanol–water partition coefficient (Wildman–Crippen LogP) is 4.62. The van der Waals surface area contributed by atoms with Gasteiger partial charge in [0, 0.05) is 22.7 Å². The molecule has 4 rings (SSSR count). The quantitative estimate of drug-likeness (QED) is 0.498. The van der Waals surface area contributed by atoms with Crippen molar-refractivity contribution in [1.29, 1.82) is 0 Å². The van der Waals surface area contributed by atoms with E-state index >= 15 is 0 Å². The molecule has 7 heteroatoms. The van der Waals surface area contributed by atoms with Gasteiger partial charge in [-0.25, -0.2) is 8.42 Å². The molecule has 0 saturated carbocycles. The SMILES string of the molecule is CC1Cc2cc(Br)ccc2N1C(=O)CN(Cc1ccccc1)S(=O)(=O)c1ccccc1. The highest BCUT2D eigenvalue weighted by atomic mass is 79.9. The first-order valence-corrected chi connectivity index (χ1v) is 12.3. The number of nitrogens with zero attached hydrogens (tertiary/aromatic N) is 2. The van der Waals surface area contributed by atoms with Crippen LogP contribution in [0.4, 0.5) is 5.69 Å². The smallest absolute Gasteiger partial charge is 0.243 e. The summed E-state index contributed by atoms with van der Waals surface area (Å²) in [5, 5.41) is 0. The van der Waals surface area contributed by atoms with Crippen LogP contribution in [0.25, 0.3) is 0 Å². The maximum Gasteiger partial charge on any atom is 0.243 e. The zero-order valence-corrected chi connectivity index (χ0v) is 19.5. The highest BCUT2D eigenvalue weighted by molar-refractivity contribution is 9.10. The summed E-state index contributed by atoms with van der Waals surface area (Å²) >= 11 is 3.48. The lowest BCUT2D eigenvalue weighted by Gasteiger charge is -2.27. The second-order valence-electron chi connectivity index (χ2n) is 7.66. The standard InChI is InChI=1S/C24H23BrN2O3S/c1-18-14-20-15-21(25)12-13-23(20)27(18)24(28)17-26(16-19-8-4-2-5-9-19)31(29,30)22-10-6-3-7-11-22/h2-13,15,18H,14,16-17H2,1H3. The molecule has 1 unspecified atom stereocenters. The molecule has 0 N–H and O–H groups in total. The summed E-state index contributed by atoms with van der Waals surface area (Å²) in [6.45, 7) is 1.88. The maximum absolute atomic E-state index is 13.4. The highest BCUT2D eigenvalue weighted by Crippen LogP contribution is 2.34. The Bertz CT molecular complexity index is 1180. The average Bonchev–Trinajstić information content (AvgIpc) is 3.09. The van der Waals surface area contributed by atoms with Crippen LogP contribution in [-0.2, 0) is 27.8 Å². The minimum absolute atomic E-state index is 0.0326. The van der Waals surface area contributed by atoms with E-state index in [1.54, 1.807) is 35.2 Å². The normalized spacial score (nSPS) is 15.8. The number of anilines is 1. The fourth-order valence-electron chi connectivity index (χ4n) is 3.96. The van der Waals surface area contributed by atoms with E-state index in [0.717, 1.165) is 27.7 Å². The Labute approximate surface area is 191 Å². The van der Waals surface area contributed by atoms with Crippen LogP contribution in [0.3, 0.4) is 0 Å². The van der Waals surface area contributed by atoms with Gasteiger partial charge in [-0.2, -0.15) is 4.31 Å². The first-order valence-electron chi connectivity index (χ1n) is 10.1.